The summed E-state index contributed by atoms with van der Waals surface area (Å²) in [6.07, 6.45) is 7.14. The lowest BCUT2D eigenvalue weighted by molar-refractivity contribution is -0.158. The Labute approximate surface area is 405 Å². The largest absolute Gasteiger partial charge is 0.443 e. The van der Waals surface area contributed by atoms with Gasteiger partial charge in [0.25, 0.3) is 17.7 Å². The minimum atomic E-state index is -1.33. The normalized spacial score (nSPS) is 19.5. The van der Waals surface area contributed by atoms with Crippen LogP contribution in [0.4, 0.5) is 16.4 Å². The Kier molecular flexibility index (Phi) is 13.4. The number of piperidine rings is 2. The quantitative estimate of drug-likeness (QED) is 0.0722. The van der Waals surface area contributed by atoms with Gasteiger partial charge in [0.2, 0.25) is 5.91 Å². The number of carbonyl (C=O) groups is 5. The number of pyridine rings is 2. The Hall–Kier alpha value is -6.23. The zero-order chi connectivity index (χ0) is 48.8. The van der Waals surface area contributed by atoms with Crippen LogP contribution in [0.15, 0.2) is 79.1 Å². The number of hydrogen-bond donors (Lipinski definition) is 1. The van der Waals surface area contributed by atoms with Gasteiger partial charge in [-0.15, -0.1) is 0 Å². The molecule has 0 bridgehead atoms. The van der Waals surface area contributed by atoms with Crippen molar-refractivity contribution in [1.29, 1.82) is 0 Å². The molecule has 4 aliphatic rings. The molecule has 15 nitrogen and oxygen atoms in total. The van der Waals surface area contributed by atoms with Crippen LogP contribution in [-0.2, 0) is 25.6 Å². The van der Waals surface area contributed by atoms with Crippen molar-refractivity contribution < 1.29 is 33.4 Å². The van der Waals surface area contributed by atoms with Crippen LogP contribution in [0.5, 0.6) is 0 Å². The van der Waals surface area contributed by atoms with Crippen LogP contribution in [0.1, 0.15) is 109 Å². The van der Waals surface area contributed by atoms with Gasteiger partial charge in [0, 0.05) is 75.8 Å². The first-order valence-corrected chi connectivity index (χ1v) is 28.1. The molecule has 5 aromatic rings. The number of nitrogens with zero attached hydrogens (tertiary/aromatic N) is 7. The number of amides is 4. The number of fused-ring (bicyclic) bond motifs is 2. The summed E-state index contributed by atoms with van der Waals surface area (Å²) >= 11 is 0. The van der Waals surface area contributed by atoms with Gasteiger partial charge in [-0.25, -0.2) is 19.3 Å². The van der Waals surface area contributed by atoms with E-state index < -0.39 is 25.8 Å². The minimum absolute atomic E-state index is 0.0661. The lowest BCUT2D eigenvalue weighted by atomic mass is 9.88. The first-order chi connectivity index (χ1) is 32.9. The van der Waals surface area contributed by atoms with Crippen molar-refractivity contribution in [3.8, 4) is 11.1 Å². The molecule has 4 aliphatic heterocycles. The van der Waals surface area contributed by atoms with E-state index in [-0.39, 0.29) is 42.8 Å². The number of likely N-dealkylation sites (tertiary alicyclic amines) is 2. The second-order valence-electron chi connectivity index (χ2n) is 21.2. The summed E-state index contributed by atoms with van der Waals surface area (Å²) in [5.41, 5.74) is 5.90. The van der Waals surface area contributed by atoms with Crippen molar-refractivity contribution >= 4 is 60.3 Å². The monoisotopic (exact) mass is 952 g/mol. The number of aromatic nitrogens is 3. The van der Waals surface area contributed by atoms with Crippen molar-refractivity contribution in [1.82, 2.24) is 29.2 Å². The van der Waals surface area contributed by atoms with E-state index in [4.69, 9.17) is 14.5 Å². The van der Waals surface area contributed by atoms with E-state index in [1.807, 2.05) is 51.1 Å². The molecule has 2 atom stereocenters. The van der Waals surface area contributed by atoms with Gasteiger partial charge in [0.15, 0.2) is 0 Å². The molecule has 0 saturated carbocycles. The van der Waals surface area contributed by atoms with Crippen LogP contribution in [-0.4, -0.2) is 119 Å². The summed E-state index contributed by atoms with van der Waals surface area (Å²) in [4.78, 5) is 83.9. The summed E-state index contributed by atoms with van der Waals surface area (Å²) in [5, 5.41) is 3.70. The van der Waals surface area contributed by atoms with Crippen LogP contribution in [0.3, 0.4) is 0 Å². The Balaban J connectivity index is 0.806. The average Bonchev–Trinajstić information content (AvgIpc) is 4.02. The van der Waals surface area contributed by atoms with Gasteiger partial charge in [-0.1, -0.05) is 56.0 Å². The Bertz CT molecular complexity index is 2770. The van der Waals surface area contributed by atoms with E-state index >= 15 is 0 Å². The van der Waals surface area contributed by atoms with Crippen LogP contribution >= 0.6 is 0 Å². The smallest absolute Gasteiger partial charge is 0.419 e. The van der Waals surface area contributed by atoms with E-state index in [2.05, 4.69) is 71.1 Å². The molecule has 16 heteroatoms. The summed E-state index contributed by atoms with van der Waals surface area (Å²) in [6, 6.07) is 22.0. The third kappa shape index (κ3) is 10.2. The second kappa shape index (κ2) is 19.3. The molecule has 362 valence electrons. The van der Waals surface area contributed by atoms with Gasteiger partial charge >= 0.3 is 6.09 Å². The summed E-state index contributed by atoms with van der Waals surface area (Å²) < 4.78 is 13.3. The number of anilines is 2. The van der Waals surface area contributed by atoms with Gasteiger partial charge in [0.1, 0.15) is 30.0 Å². The van der Waals surface area contributed by atoms with E-state index in [1.54, 1.807) is 34.0 Å². The number of ether oxygens (including phenoxy) is 2. The fourth-order valence-corrected chi connectivity index (χ4v) is 10.9. The molecule has 3 saturated heterocycles. The number of nitrogens with one attached hydrogen (secondary N) is 1. The van der Waals surface area contributed by atoms with Gasteiger partial charge in [-0.3, -0.25) is 29.0 Å². The van der Waals surface area contributed by atoms with Crippen molar-refractivity contribution in [3.63, 3.8) is 0 Å². The molecular formula is C53H64N8O7Si. The average molecular weight is 953 g/mol. The molecule has 4 amide bonds. The molecule has 1 N–H and O–H groups in total. The first kappa shape index (κ1) is 47.8. The molecule has 0 aliphatic carbocycles. The standard InChI is InChI=1S/C53H64N8O7Si/c1-53(2,3)68-52(66)61-44-29-46(54-31-38(44)28-45(61)42-12-9-23-57(42)4)56-49(63)37-17-19-47(55-30-37)58-24-21-35(22-25-58)34-13-15-36(16-14-34)39-10-8-11-40-41(39)32-59(50(40)64)43-18-20-48(62)60(51(43)65)33-67-26-27-69(5,6)7/h8,10-11,13-17,19,28-31,35,42-43H,9,12,18,20-27,32-33H2,1-7H3,(H,54,56,63)/t42-,43?/m1/s1. The van der Waals surface area contributed by atoms with Crippen LogP contribution in [0.2, 0.25) is 25.7 Å². The van der Waals surface area contributed by atoms with Gasteiger partial charge in [-0.05, 0) is 125 Å². The highest BCUT2D eigenvalue weighted by Crippen LogP contribution is 2.38. The lowest BCUT2D eigenvalue weighted by Gasteiger charge is -2.35. The fourth-order valence-electron chi connectivity index (χ4n) is 10.2. The predicted octanol–water partition coefficient (Wildman–Crippen LogP) is 9.07. The topological polar surface area (TPSA) is 160 Å². The van der Waals surface area contributed by atoms with Crippen LogP contribution < -0.4 is 10.2 Å². The molecule has 2 aromatic carbocycles. The summed E-state index contributed by atoms with van der Waals surface area (Å²) in [7, 11) is 0.730. The molecule has 7 heterocycles. The zero-order valence-corrected chi connectivity index (χ0v) is 41.9. The maximum atomic E-state index is 13.8. The van der Waals surface area contributed by atoms with E-state index in [9.17, 15) is 24.0 Å². The number of benzene rings is 2. The maximum Gasteiger partial charge on any atom is 0.419 e. The molecule has 0 radical (unpaired) electrons. The van der Waals surface area contributed by atoms with Crippen LogP contribution in [0, 0.1) is 0 Å². The first-order valence-electron chi connectivity index (χ1n) is 24.3. The number of rotatable bonds is 12. The van der Waals surface area contributed by atoms with Crippen molar-refractivity contribution in [2.45, 2.75) is 115 Å². The Morgan fingerprint density at radius 2 is 1.61 bits per heavy atom. The minimum Gasteiger partial charge on any atom is -0.443 e. The third-order valence-electron chi connectivity index (χ3n) is 14.0. The van der Waals surface area contributed by atoms with Crippen molar-refractivity contribution in [2.75, 3.05) is 50.2 Å². The van der Waals surface area contributed by atoms with Crippen molar-refractivity contribution in [2.24, 2.45) is 0 Å². The molecule has 0 spiro atoms. The SMILES string of the molecule is CN1CCC[C@@H]1c1cc2cnc(NC(=O)c3ccc(N4CCC(c5ccc(-c6cccc7c6CN(C6CCC(=O)N(COCC[Si](C)(C)C)C6=O)C7=O)cc5)CC4)nc3)cc2n1C(=O)OC(C)(C)C. The van der Waals surface area contributed by atoms with Gasteiger partial charge < -0.3 is 24.6 Å². The highest BCUT2D eigenvalue weighted by atomic mass is 28.3. The fraction of sp³-hybridized carbons (Fsp3) is 0.453. The molecule has 1 unspecified atom stereocenters. The predicted molar refractivity (Wildman–Crippen MR) is 268 cm³/mol. The zero-order valence-electron chi connectivity index (χ0n) is 40.9. The van der Waals surface area contributed by atoms with Gasteiger partial charge in [-0.2, -0.15) is 0 Å². The van der Waals surface area contributed by atoms with E-state index in [1.165, 1.54) is 10.5 Å². The van der Waals surface area contributed by atoms with Crippen LogP contribution in [0.25, 0.3) is 22.0 Å². The maximum absolute atomic E-state index is 13.8. The number of hydrogen-bond acceptors (Lipinski definition) is 11. The Morgan fingerprint density at radius 3 is 2.29 bits per heavy atom. The van der Waals surface area contributed by atoms with E-state index in [0.717, 1.165) is 85.0 Å². The van der Waals surface area contributed by atoms with Gasteiger partial charge in [0.05, 0.1) is 17.1 Å². The molecule has 3 fully saturated rings. The van der Waals surface area contributed by atoms with Crippen molar-refractivity contribution in [3.05, 3.63) is 107 Å². The molecule has 9 rings (SSSR count). The number of carbonyl (C=O) groups excluding carboxylic acids is 5. The third-order valence-corrected chi connectivity index (χ3v) is 15.7. The molecule has 69 heavy (non-hydrogen) atoms. The summed E-state index contributed by atoms with van der Waals surface area (Å²) in [5.74, 6) is 0.329. The number of imide groups is 1. The molecule has 3 aromatic heterocycles. The lowest BCUT2D eigenvalue weighted by Crippen LogP contribution is -2.55. The highest BCUT2D eigenvalue weighted by Gasteiger charge is 2.43. The second-order valence-corrected chi connectivity index (χ2v) is 26.8. The van der Waals surface area contributed by atoms with E-state index in [0.29, 0.717) is 48.0 Å². The Morgan fingerprint density at radius 1 is 0.855 bits per heavy atom. The summed E-state index contributed by atoms with van der Waals surface area (Å²) in [6.45, 7) is 15.6. The molecular weight excluding hydrogens is 889 g/mol. The highest BCUT2D eigenvalue weighted by molar-refractivity contribution is 6.76.